The average Bonchev–Trinajstić information content (AvgIpc) is 3.33. The molecule has 2 unspecified atom stereocenters. The SMILES string of the molecule is CC(CC(=O)NC(Cc1c[nH]c2ccccc12)C(=O)CCc1cc(C(F)(F)F)cc(C(F)(F)F)c1)c1ccccc1. The Hall–Kier alpha value is -4.08. The van der Waals surface area contributed by atoms with Crippen molar-refractivity contribution >= 4 is 22.6 Å². The zero-order chi connectivity index (χ0) is 29.8. The van der Waals surface area contributed by atoms with Crippen LogP contribution in [0.4, 0.5) is 26.3 Å². The minimum Gasteiger partial charge on any atom is -0.361 e. The highest BCUT2D eigenvalue weighted by Crippen LogP contribution is 2.36. The molecule has 0 bridgehead atoms. The third kappa shape index (κ3) is 7.77. The number of amides is 1. The Labute approximate surface area is 232 Å². The van der Waals surface area contributed by atoms with Gasteiger partial charge in [0.05, 0.1) is 17.2 Å². The van der Waals surface area contributed by atoms with Crippen LogP contribution >= 0.6 is 0 Å². The second-order valence-electron chi connectivity index (χ2n) is 10.1. The van der Waals surface area contributed by atoms with Crippen molar-refractivity contribution in [3.63, 3.8) is 0 Å². The summed E-state index contributed by atoms with van der Waals surface area (Å²) in [7, 11) is 0. The number of ketones is 1. The zero-order valence-electron chi connectivity index (χ0n) is 22.1. The third-order valence-electron chi connectivity index (χ3n) is 6.99. The molecule has 0 aliphatic heterocycles. The van der Waals surface area contributed by atoms with Crippen LogP contribution in [0.15, 0.2) is 79.0 Å². The van der Waals surface area contributed by atoms with E-state index in [1.807, 2.05) is 61.5 Å². The topological polar surface area (TPSA) is 62.0 Å². The molecule has 4 rings (SSSR count). The van der Waals surface area contributed by atoms with Gasteiger partial charge in [-0.2, -0.15) is 26.3 Å². The highest BCUT2D eigenvalue weighted by atomic mass is 19.4. The number of hydrogen-bond acceptors (Lipinski definition) is 2. The number of halogens is 6. The summed E-state index contributed by atoms with van der Waals surface area (Å²) in [5, 5.41) is 3.60. The number of aryl methyl sites for hydroxylation is 1. The monoisotopic (exact) mass is 574 g/mol. The summed E-state index contributed by atoms with van der Waals surface area (Å²) in [6.07, 6.45) is -8.78. The number of para-hydroxylation sites is 1. The fourth-order valence-corrected chi connectivity index (χ4v) is 4.80. The molecule has 0 saturated carbocycles. The molecular formula is C31H28F6N2O2. The number of benzene rings is 3. The number of aromatic nitrogens is 1. The van der Waals surface area contributed by atoms with Gasteiger partial charge in [0, 0.05) is 36.4 Å². The van der Waals surface area contributed by atoms with Crippen LogP contribution in [0.1, 0.15) is 53.5 Å². The van der Waals surface area contributed by atoms with Gasteiger partial charge in [-0.15, -0.1) is 0 Å². The lowest BCUT2D eigenvalue weighted by Crippen LogP contribution is -2.42. The average molecular weight is 575 g/mol. The van der Waals surface area contributed by atoms with Crippen LogP contribution in [0.25, 0.3) is 10.9 Å². The van der Waals surface area contributed by atoms with Crippen LogP contribution in [-0.2, 0) is 34.8 Å². The smallest absolute Gasteiger partial charge is 0.361 e. The van der Waals surface area contributed by atoms with Crippen molar-refractivity contribution < 1.29 is 35.9 Å². The molecule has 4 aromatic rings. The first-order valence-corrected chi connectivity index (χ1v) is 13.0. The molecule has 10 heteroatoms. The van der Waals surface area contributed by atoms with E-state index in [1.165, 1.54) is 0 Å². The minimum absolute atomic E-state index is 0.0548. The molecule has 0 saturated heterocycles. The van der Waals surface area contributed by atoms with E-state index >= 15 is 0 Å². The Bertz CT molecular complexity index is 1480. The van der Waals surface area contributed by atoms with Gasteiger partial charge < -0.3 is 10.3 Å². The maximum absolute atomic E-state index is 13.4. The second kappa shape index (κ2) is 12.2. The lowest BCUT2D eigenvalue weighted by molar-refractivity contribution is -0.143. The number of fused-ring (bicyclic) bond motifs is 1. The van der Waals surface area contributed by atoms with Crippen molar-refractivity contribution in [1.29, 1.82) is 0 Å². The fraction of sp³-hybridized carbons (Fsp3) is 0.290. The van der Waals surface area contributed by atoms with Crippen LogP contribution in [0.2, 0.25) is 0 Å². The summed E-state index contributed by atoms with van der Waals surface area (Å²) >= 11 is 0. The van der Waals surface area contributed by atoms with Crippen LogP contribution in [0.3, 0.4) is 0 Å². The van der Waals surface area contributed by atoms with Crippen molar-refractivity contribution in [3.05, 3.63) is 107 Å². The molecule has 2 N–H and O–H groups in total. The highest BCUT2D eigenvalue weighted by molar-refractivity contribution is 5.91. The lowest BCUT2D eigenvalue weighted by Gasteiger charge is -2.20. The summed E-state index contributed by atoms with van der Waals surface area (Å²) in [5.41, 5.74) is -0.640. The van der Waals surface area contributed by atoms with Gasteiger partial charge >= 0.3 is 12.4 Å². The van der Waals surface area contributed by atoms with E-state index in [0.717, 1.165) is 22.0 Å². The molecule has 2 atom stereocenters. The van der Waals surface area contributed by atoms with Crippen LogP contribution in [-0.4, -0.2) is 22.7 Å². The van der Waals surface area contributed by atoms with E-state index in [9.17, 15) is 35.9 Å². The maximum Gasteiger partial charge on any atom is 0.416 e. The molecule has 0 spiro atoms. The number of Topliss-reactive ketones (excluding diaryl/α,β-unsaturated/α-hetero) is 1. The van der Waals surface area contributed by atoms with Gasteiger partial charge in [-0.25, -0.2) is 0 Å². The van der Waals surface area contributed by atoms with Crippen molar-refractivity contribution in [2.75, 3.05) is 0 Å². The van der Waals surface area contributed by atoms with Gasteiger partial charge in [0.1, 0.15) is 0 Å². The summed E-state index contributed by atoms with van der Waals surface area (Å²) in [4.78, 5) is 29.5. The standard InChI is InChI=1S/C31H28F6N2O2/c1-19(21-7-3-2-4-8-21)13-29(41)39-27(16-22-18-38-26-10-6-5-9-25(22)26)28(40)12-11-20-14-23(30(32,33)34)17-24(15-20)31(35,36)37/h2-10,14-15,17-19,27,38H,11-13,16H2,1H3,(H,39,41). The summed E-state index contributed by atoms with van der Waals surface area (Å²) < 4.78 is 79.7. The summed E-state index contributed by atoms with van der Waals surface area (Å²) in [5.74, 6) is -1.04. The Morgan fingerprint density at radius 3 is 2.10 bits per heavy atom. The predicted molar refractivity (Wildman–Crippen MR) is 143 cm³/mol. The molecule has 1 heterocycles. The third-order valence-corrected chi connectivity index (χ3v) is 6.99. The number of carbonyl (C=O) groups excluding carboxylic acids is 2. The Balaban J connectivity index is 1.54. The van der Waals surface area contributed by atoms with Crippen LogP contribution in [0.5, 0.6) is 0 Å². The second-order valence-corrected chi connectivity index (χ2v) is 10.1. The molecule has 4 nitrogen and oxygen atoms in total. The quantitative estimate of drug-likeness (QED) is 0.191. The first kappa shape index (κ1) is 29.9. The number of nitrogens with one attached hydrogen (secondary N) is 2. The van der Waals surface area contributed by atoms with E-state index in [0.29, 0.717) is 12.1 Å². The molecule has 0 aliphatic carbocycles. The normalized spacial score (nSPS) is 13.6. The van der Waals surface area contributed by atoms with E-state index < -0.39 is 41.2 Å². The Morgan fingerprint density at radius 1 is 0.854 bits per heavy atom. The number of H-pyrrole nitrogens is 1. The molecule has 0 radical (unpaired) electrons. The number of aromatic amines is 1. The zero-order valence-corrected chi connectivity index (χ0v) is 22.1. The van der Waals surface area contributed by atoms with Gasteiger partial charge in [0.15, 0.2) is 5.78 Å². The van der Waals surface area contributed by atoms with Crippen LogP contribution in [0, 0.1) is 0 Å². The van der Waals surface area contributed by atoms with Crippen molar-refractivity contribution in [1.82, 2.24) is 10.3 Å². The first-order chi connectivity index (χ1) is 19.3. The van der Waals surface area contributed by atoms with E-state index in [2.05, 4.69) is 10.3 Å². The summed E-state index contributed by atoms with van der Waals surface area (Å²) in [6, 6.07) is 17.0. The lowest BCUT2D eigenvalue weighted by atomic mass is 9.94. The van der Waals surface area contributed by atoms with Gasteiger partial charge in [-0.05, 0) is 53.3 Å². The van der Waals surface area contributed by atoms with E-state index in [-0.39, 0.29) is 43.2 Å². The largest absolute Gasteiger partial charge is 0.416 e. The molecule has 216 valence electrons. The molecule has 1 amide bonds. The Kier molecular flexibility index (Phi) is 8.89. The van der Waals surface area contributed by atoms with E-state index in [4.69, 9.17) is 0 Å². The molecule has 3 aromatic carbocycles. The van der Waals surface area contributed by atoms with E-state index in [1.54, 1.807) is 6.20 Å². The van der Waals surface area contributed by atoms with Gasteiger partial charge in [-0.3, -0.25) is 9.59 Å². The highest BCUT2D eigenvalue weighted by Gasteiger charge is 2.37. The summed E-state index contributed by atoms with van der Waals surface area (Å²) in [6.45, 7) is 1.87. The molecule has 0 fully saturated rings. The van der Waals surface area contributed by atoms with Crippen molar-refractivity contribution in [2.24, 2.45) is 0 Å². The molecular weight excluding hydrogens is 546 g/mol. The van der Waals surface area contributed by atoms with Crippen molar-refractivity contribution in [3.8, 4) is 0 Å². The first-order valence-electron chi connectivity index (χ1n) is 13.0. The number of alkyl halides is 6. The Morgan fingerprint density at radius 2 is 1.46 bits per heavy atom. The fourth-order valence-electron chi connectivity index (χ4n) is 4.80. The van der Waals surface area contributed by atoms with Crippen LogP contribution < -0.4 is 5.32 Å². The minimum atomic E-state index is -4.98. The van der Waals surface area contributed by atoms with Crippen molar-refractivity contribution in [2.45, 2.75) is 56.9 Å². The van der Waals surface area contributed by atoms with Gasteiger partial charge in [-0.1, -0.05) is 55.5 Å². The molecule has 1 aromatic heterocycles. The number of hydrogen-bond donors (Lipinski definition) is 2. The predicted octanol–water partition coefficient (Wildman–Crippen LogP) is 7.63. The maximum atomic E-state index is 13.4. The number of carbonyl (C=O) groups is 2. The molecule has 0 aliphatic rings. The van der Waals surface area contributed by atoms with Gasteiger partial charge in [0.2, 0.25) is 5.91 Å². The number of rotatable bonds is 10. The molecule has 41 heavy (non-hydrogen) atoms. The van der Waals surface area contributed by atoms with Gasteiger partial charge in [0.25, 0.3) is 0 Å².